The molecule has 2 heterocycles. The number of amides is 2. The number of halogens is 1. The fourth-order valence-electron chi connectivity index (χ4n) is 3.59. The van der Waals surface area contributed by atoms with Crippen LogP contribution in [0.2, 0.25) is 0 Å². The Kier molecular flexibility index (Phi) is 8.99. The van der Waals surface area contributed by atoms with E-state index in [0.717, 1.165) is 43.3 Å². The Morgan fingerprint density at radius 3 is 2.69 bits per heavy atom. The van der Waals surface area contributed by atoms with Gasteiger partial charge in [0, 0.05) is 57.9 Å². The van der Waals surface area contributed by atoms with E-state index in [9.17, 15) is 9.59 Å². The lowest BCUT2D eigenvalue weighted by molar-refractivity contribution is -0.129. The number of carbonyl (C=O) groups is 2. The molecule has 0 radical (unpaired) electrons. The summed E-state index contributed by atoms with van der Waals surface area (Å²) >= 11 is 0. The summed E-state index contributed by atoms with van der Waals surface area (Å²) in [5.41, 5.74) is 2.20. The average molecular weight is 514 g/mol. The zero-order valence-electron chi connectivity index (χ0n) is 17.1. The molecule has 29 heavy (non-hydrogen) atoms. The van der Waals surface area contributed by atoms with Crippen LogP contribution in [0.15, 0.2) is 29.3 Å². The number of nitrogens with one attached hydrogen (secondary N) is 3. The maximum absolute atomic E-state index is 11.8. The molecule has 0 spiro atoms. The van der Waals surface area contributed by atoms with E-state index in [2.05, 4.69) is 50.1 Å². The topological polar surface area (TPSA) is 89.1 Å². The van der Waals surface area contributed by atoms with Crippen LogP contribution < -0.4 is 20.9 Å². The van der Waals surface area contributed by atoms with Gasteiger partial charge >= 0.3 is 0 Å². The summed E-state index contributed by atoms with van der Waals surface area (Å²) in [5, 5.41) is 9.58. The molecule has 2 aliphatic rings. The van der Waals surface area contributed by atoms with Crippen molar-refractivity contribution < 1.29 is 9.59 Å². The van der Waals surface area contributed by atoms with Crippen LogP contribution in [-0.2, 0) is 16.1 Å². The SMILES string of the molecule is CCC(=O)N1CCC(NC(=NC)NCc2ccc(N3CCNC(=O)C3)cc2)C1.I. The van der Waals surface area contributed by atoms with Gasteiger partial charge in [-0.15, -0.1) is 24.0 Å². The van der Waals surface area contributed by atoms with Gasteiger partial charge < -0.3 is 25.8 Å². The number of hydrogen-bond acceptors (Lipinski definition) is 4. The van der Waals surface area contributed by atoms with Gasteiger partial charge in [-0.05, 0) is 24.1 Å². The minimum atomic E-state index is 0. The van der Waals surface area contributed by atoms with E-state index < -0.39 is 0 Å². The molecule has 0 bridgehead atoms. The lowest BCUT2D eigenvalue weighted by atomic mass is 10.2. The molecule has 160 valence electrons. The lowest BCUT2D eigenvalue weighted by Crippen LogP contribution is -2.47. The number of guanidine groups is 1. The van der Waals surface area contributed by atoms with E-state index in [-0.39, 0.29) is 41.8 Å². The largest absolute Gasteiger partial charge is 0.360 e. The Labute approximate surface area is 189 Å². The number of piperazine rings is 1. The molecule has 0 aliphatic carbocycles. The molecule has 9 heteroatoms. The van der Waals surface area contributed by atoms with Crippen LogP contribution in [0.4, 0.5) is 5.69 Å². The number of likely N-dealkylation sites (tertiary alicyclic amines) is 1. The molecule has 1 unspecified atom stereocenters. The Hall–Kier alpha value is -2.04. The minimum Gasteiger partial charge on any atom is -0.360 e. The second kappa shape index (κ2) is 11.2. The molecule has 1 aromatic carbocycles. The standard InChI is InChI=1S/C20H30N6O2.HI/c1-3-19(28)26-10-8-16(13-26)24-20(21-2)23-12-15-4-6-17(7-5-15)25-11-9-22-18(27)14-25;/h4-7,16H,3,8-14H2,1-2H3,(H,22,27)(H2,21,23,24);1H. The molecule has 2 amide bonds. The van der Waals surface area contributed by atoms with Crippen molar-refractivity contribution >= 4 is 47.4 Å². The molecule has 1 aromatic rings. The summed E-state index contributed by atoms with van der Waals surface area (Å²) in [5.74, 6) is 1.02. The smallest absolute Gasteiger partial charge is 0.239 e. The summed E-state index contributed by atoms with van der Waals surface area (Å²) in [7, 11) is 1.75. The number of hydrogen-bond donors (Lipinski definition) is 3. The highest BCUT2D eigenvalue weighted by Gasteiger charge is 2.25. The Bertz CT molecular complexity index is 724. The Morgan fingerprint density at radius 2 is 2.03 bits per heavy atom. The molecular weight excluding hydrogens is 483 g/mol. The predicted molar refractivity (Wildman–Crippen MR) is 126 cm³/mol. The maximum atomic E-state index is 11.8. The van der Waals surface area contributed by atoms with Crippen molar-refractivity contribution in [1.29, 1.82) is 0 Å². The van der Waals surface area contributed by atoms with Crippen LogP contribution in [0.5, 0.6) is 0 Å². The number of aliphatic imine (C=N–C) groups is 1. The van der Waals surface area contributed by atoms with Crippen molar-refractivity contribution in [2.45, 2.75) is 32.4 Å². The van der Waals surface area contributed by atoms with Gasteiger partial charge in [0.1, 0.15) is 0 Å². The summed E-state index contributed by atoms with van der Waals surface area (Å²) in [6, 6.07) is 8.47. The van der Waals surface area contributed by atoms with E-state index in [1.54, 1.807) is 7.05 Å². The summed E-state index contributed by atoms with van der Waals surface area (Å²) < 4.78 is 0. The van der Waals surface area contributed by atoms with Gasteiger partial charge in [0.15, 0.2) is 5.96 Å². The number of anilines is 1. The highest BCUT2D eigenvalue weighted by molar-refractivity contribution is 14.0. The van der Waals surface area contributed by atoms with Gasteiger partial charge in [0.25, 0.3) is 0 Å². The van der Waals surface area contributed by atoms with E-state index in [0.29, 0.717) is 26.1 Å². The van der Waals surface area contributed by atoms with Crippen molar-refractivity contribution in [3.63, 3.8) is 0 Å². The maximum Gasteiger partial charge on any atom is 0.239 e. The van der Waals surface area contributed by atoms with Crippen LogP contribution in [0.25, 0.3) is 0 Å². The van der Waals surface area contributed by atoms with Gasteiger partial charge in [-0.1, -0.05) is 19.1 Å². The first kappa shape index (κ1) is 23.2. The molecule has 1 atom stereocenters. The molecule has 2 fully saturated rings. The highest BCUT2D eigenvalue weighted by Crippen LogP contribution is 2.16. The zero-order valence-corrected chi connectivity index (χ0v) is 19.4. The van der Waals surface area contributed by atoms with Crippen molar-refractivity contribution in [2.75, 3.05) is 44.7 Å². The lowest BCUT2D eigenvalue weighted by Gasteiger charge is -2.28. The van der Waals surface area contributed by atoms with Gasteiger partial charge in [-0.3, -0.25) is 14.6 Å². The summed E-state index contributed by atoms with van der Waals surface area (Å²) in [6.07, 6.45) is 1.49. The zero-order chi connectivity index (χ0) is 19.9. The van der Waals surface area contributed by atoms with E-state index in [1.807, 2.05) is 11.8 Å². The van der Waals surface area contributed by atoms with E-state index in [4.69, 9.17) is 0 Å². The second-order valence-corrected chi connectivity index (χ2v) is 7.19. The summed E-state index contributed by atoms with van der Waals surface area (Å²) in [6.45, 7) is 6.01. The summed E-state index contributed by atoms with van der Waals surface area (Å²) in [4.78, 5) is 31.6. The monoisotopic (exact) mass is 514 g/mol. The quantitative estimate of drug-likeness (QED) is 0.309. The van der Waals surface area contributed by atoms with Crippen LogP contribution in [0, 0.1) is 0 Å². The van der Waals surface area contributed by atoms with Crippen molar-refractivity contribution in [2.24, 2.45) is 4.99 Å². The Morgan fingerprint density at radius 1 is 1.28 bits per heavy atom. The van der Waals surface area contributed by atoms with Crippen LogP contribution in [0.3, 0.4) is 0 Å². The predicted octanol–water partition coefficient (Wildman–Crippen LogP) is 0.917. The third-order valence-corrected chi connectivity index (χ3v) is 5.21. The molecule has 2 saturated heterocycles. The van der Waals surface area contributed by atoms with Gasteiger partial charge in [-0.2, -0.15) is 0 Å². The number of carbonyl (C=O) groups excluding carboxylic acids is 2. The minimum absolute atomic E-state index is 0. The molecular formula is C20H31IN6O2. The van der Waals surface area contributed by atoms with E-state index in [1.165, 1.54) is 0 Å². The molecule has 0 saturated carbocycles. The third kappa shape index (κ3) is 6.48. The molecule has 2 aliphatic heterocycles. The second-order valence-electron chi connectivity index (χ2n) is 7.19. The number of rotatable bonds is 5. The first-order valence-corrected chi connectivity index (χ1v) is 9.94. The molecule has 0 aromatic heterocycles. The molecule has 8 nitrogen and oxygen atoms in total. The number of benzene rings is 1. The van der Waals surface area contributed by atoms with Crippen LogP contribution >= 0.6 is 24.0 Å². The third-order valence-electron chi connectivity index (χ3n) is 5.21. The van der Waals surface area contributed by atoms with Gasteiger partial charge in [0.05, 0.1) is 6.54 Å². The normalized spacial score (nSPS) is 19.4. The first-order chi connectivity index (χ1) is 13.6. The highest BCUT2D eigenvalue weighted by atomic mass is 127. The van der Waals surface area contributed by atoms with Crippen molar-refractivity contribution in [3.8, 4) is 0 Å². The van der Waals surface area contributed by atoms with Crippen LogP contribution in [0.1, 0.15) is 25.3 Å². The van der Waals surface area contributed by atoms with Crippen LogP contribution in [-0.4, -0.2) is 68.5 Å². The Balaban J connectivity index is 0.00000300. The van der Waals surface area contributed by atoms with E-state index >= 15 is 0 Å². The molecule has 3 rings (SSSR count). The van der Waals surface area contributed by atoms with Crippen molar-refractivity contribution in [1.82, 2.24) is 20.9 Å². The van der Waals surface area contributed by atoms with Gasteiger partial charge in [-0.25, -0.2) is 0 Å². The fourth-order valence-corrected chi connectivity index (χ4v) is 3.59. The van der Waals surface area contributed by atoms with Crippen molar-refractivity contribution in [3.05, 3.63) is 29.8 Å². The number of nitrogens with zero attached hydrogens (tertiary/aromatic N) is 3. The average Bonchev–Trinajstić information content (AvgIpc) is 3.19. The van der Waals surface area contributed by atoms with Gasteiger partial charge in [0.2, 0.25) is 11.8 Å². The first-order valence-electron chi connectivity index (χ1n) is 9.94. The molecule has 3 N–H and O–H groups in total. The fraction of sp³-hybridized carbons (Fsp3) is 0.550.